The number of terminal acetylenes is 3. The predicted octanol–water partition coefficient (Wildman–Crippen LogP) is 11.7. The lowest BCUT2D eigenvalue weighted by Gasteiger charge is -2.68. The van der Waals surface area contributed by atoms with Crippen LogP contribution in [0.25, 0.3) is 5.57 Å². The van der Waals surface area contributed by atoms with Gasteiger partial charge in [0.05, 0.1) is 11.0 Å². The smallest absolute Gasteiger partial charge is 0.335 e. The predicted molar refractivity (Wildman–Crippen MR) is 238 cm³/mol. The van der Waals surface area contributed by atoms with Gasteiger partial charge in [-0.15, -0.1) is 45.1 Å². The number of carbonyl (C=O) groups is 2. The third-order valence-electron chi connectivity index (χ3n) is 15.3. The van der Waals surface area contributed by atoms with Crippen molar-refractivity contribution in [1.82, 2.24) is 10.2 Å². The highest BCUT2D eigenvalue weighted by molar-refractivity contribution is 5.88. The number of aromatic carboxylic acids is 1. The van der Waals surface area contributed by atoms with E-state index in [1.54, 1.807) is 18.2 Å². The van der Waals surface area contributed by atoms with E-state index in [1.165, 1.54) is 31.3 Å². The number of carboxylic acids is 1. The summed E-state index contributed by atoms with van der Waals surface area (Å²) >= 11 is 0. The molecule has 4 saturated carbocycles. The third-order valence-corrected chi connectivity index (χ3v) is 15.3. The van der Waals surface area contributed by atoms with Gasteiger partial charge in [-0.3, -0.25) is 4.79 Å². The number of alkyl halides is 2. The summed E-state index contributed by atoms with van der Waals surface area (Å²) in [5, 5.41) is 12.7. The number of amides is 1. The van der Waals surface area contributed by atoms with Gasteiger partial charge >= 0.3 is 5.97 Å². The van der Waals surface area contributed by atoms with Crippen molar-refractivity contribution in [2.75, 3.05) is 26.2 Å². The molecule has 0 aromatic heterocycles. The molecule has 4 unspecified atom stereocenters. The van der Waals surface area contributed by atoms with Crippen molar-refractivity contribution in [3.63, 3.8) is 0 Å². The highest BCUT2D eigenvalue weighted by atomic mass is 19.3. The van der Waals surface area contributed by atoms with Crippen LogP contribution in [0.3, 0.4) is 0 Å². The van der Waals surface area contributed by atoms with Crippen LogP contribution in [0, 0.1) is 89.8 Å². The molecule has 1 aliphatic heterocycles. The van der Waals surface area contributed by atoms with Crippen molar-refractivity contribution in [2.45, 2.75) is 131 Å². The molecule has 8 atom stereocenters. The molecule has 7 rings (SSSR count). The second kappa shape index (κ2) is 21.4. The van der Waals surface area contributed by atoms with Crippen LogP contribution < -0.4 is 5.32 Å². The summed E-state index contributed by atoms with van der Waals surface area (Å²) in [6, 6.07) is 7.48. The molecule has 5 aliphatic carbocycles. The van der Waals surface area contributed by atoms with Gasteiger partial charge in [-0.25, -0.2) is 13.6 Å². The zero-order valence-corrected chi connectivity index (χ0v) is 36.8. The van der Waals surface area contributed by atoms with Gasteiger partial charge in [0.2, 0.25) is 5.91 Å². The fourth-order valence-electron chi connectivity index (χ4n) is 13.1. The van der Waals surface area contributed by atoms with Crippen LogP contribution in [0.5, 0.6) is 0 Å². The fraction of sp³-hybridized carbons (Fsp3) is 0.647. The Balaban J connectivity index is 0.000000969. The van der Waals surface area contributed by atoms with Crippen LogP contribution in [-0.4, -0.2) is 54.0 Å². The van der Waals surface area contributed by atoms with Crippen molar-refractivity contribution in [3.8, 4) is 38.5 Å². The van der Waals surface area contributed by atoms with E-state index in [0.29, 0.717) is 61.3 Å². The lowest BCUT2D eigenvalue weighted by Crippen LogP contribution is -2.62. The van der Waals surface area contributed by atoms with Gasteiger partial charge in [0.1, 0.15) is 0 Å². The lowest BCUT2D eigenvalue weighted by atomic mass is 9.36. The molecule has 1 aromatic rings. The summed E-state index contributed by atoms with van der Waals surface area (Å²) < 4.78 is 27.2. The standard InChI is InChI=1S/C40H56F2N2O3.C3H6.C2H6.3C2H2/c1-36(2)29(26-7-9-27(10-8-26)34(45)46)13-17-38(4)32(36)15-18-37(3)30-14-19-39(16-5-6-31(39)28(30)11-12-33(37)38)35(47)43-22-25-44-23-20-40(41,42)21-24-44;1-3-2;4*1-2/h7-10,13,28,30-33H,5-6,11-12,14-25H2,1-4H3,(H,43,47)(H,45,46);3H,1H2,2H3;1-2H3;3*1-2H/t28-,30?,31?,32?,33?,37-,38-,39-;;;;;/m0...../s1. The number of rotatable bonds is 6. The number of hydrogen-bond donors (Lipinski definition) is 2. The average molecular weight is 801 g/mol. The van der Waals surface area contributed by atoms with Crippen LogP contribution in [0.4, 0.5) is 8.78 Å². The van der Waals surface area contributed by atoms with E-state index in [1.807, 2.05) is 32.9 Å². The number of nitrogens with one attached hydrogen (secondary N) is 1. The molecule has 5 nitrogen and oxygen atoms in total. The number of carboxylic acid groups (broad SMARTS) is 1. The molecular formula is C51H74F2N2O3. The number of carbonyl (C=O) groups excluding carboxylic acids is 1. The molecule has 1 heterocycles. The fourth-order valence-corrected chi connectivity index (χ4v) is 13.1. The van der Waals surface area contributed by atoms with E-state index in [2.05, 4.69) is 89.1 Å². The first-order valence-electron chi connectivity index (χ1n) is 21.6. The lowest BCUT2D eigenvalue weighted by molar-refractivity contribution is -0.181. The van der Waals surface area contributed by atoms with Crippen molar-refractivity contribution in [2.24, 2.45) is 51.2 Å². The molecule has 0 spiro atoms. The van der Waals surface area contributed by atoms with Crippen LogP contribution in [-0.2, 0) is 4.79 Å². The Hall–Kier alpha value is -3.86. The van der Waals surface area contributed by atoms with Crippen molar-refractivity contribution >= 4 is 17.4 Å². The Morgan fingerprint density at radius 3 is 1.98 bits per heavy atom. The SMILES string of the molecule is C#C.C#C.C#C.C=CC.CC.CC1(C)C(c2ccc(C(=O)O)cc2)=CC[C@@]2(C)C1CC[C@@]1(C)C3CC[C@@]4(C(=O)NCCN5CCC(F)(F)CC5)CCCC4[C@H]3CCC12. The maximum atomic E-state index is 14.0. The molecule has 1 saturated heterocycles. The van der Waals surface area contributed by atoms with E-state index in [9.17, 15) is 23.5 Å². The zero-order chi connectivity index (χ0) is 44.1. The first-order valence-corrected chi connectivity index (χ1v) is 21.6. The van der Waals surface area contributed by atoms with Gasteiger partial charge in [0, 0.05) is 39.0 Å². The molecule has 2 N–H and O–H groups in total. The van der Waals surface area contributed by atoms with E-state index >= 15 is 0 Å². The second-order valence-corrected chi connectivity index (χ2v) is 18.0. The van der Waals surface area contributed by atoms with Crippen LogP contribution in [0.2, 0.25) is 0 Å². The average Bonchev–Trinajstić information content (AvgIpc) is 3.68. The normalized spacial score (nSPS) is 33.4. The van der Waals surface area contributed by atoms with E-state index < -0.39 is 11.9 Å². The minimum absolute atomic E-state index is 0.00372. The highest BCUT2D eigenvalue weighted by Crippen LogP contribution is 2.73. The van der Waals surface area contributed by atoms with Crippen molar-refractivity contribution in [3.05, 3.63) is 54.1 Å². The topological polar surface area (TPSA) is 69.6 Å². The van der Waals surface area contributed by atoms with Gasteiger partial charge < -0.3 is 15.3 Å². The third kappa shape index (κ3) is 9.77. The quantitative estimate of drug-likeness (QED) is 0.222. The second-order valence-electron chi connectivity index (χ2n) is 18.0. The first-order chi connectivity index (χ1) is 27.6. The van der Waals surface area contributed by atoms with E-state index in [-0.39, 0.29) is 40.4 Å². The number of fused-ring (bicyclic) bond motifs is 7. The van der Waals surface area contributed by atoms with Crippen LogP contribution in [0.1, 0.15) is 141 Å². The first kappa shape index (κ1) is 50.3. The molecule has 1 amide bonds. The number of benzene rings is 1. The summed E-state index contributed by atoms with van der Waals surface area (Å²) in [6.45, 7) is 21.3. The molecule has 0 radical (unpaired) electrons. The van der Waals surface area contributed by atoms with Crippen LogP contribution >= 0.6 is 0 Å². The minimum atomic E-state index is -2.54. The van der Waals surface area contributed by atoms with Gasteiger partial charge in [0.15, 0.2) is 0 Å². The summed E-state index contributed by atoms with van der Waals surface area (Å²) in [7, 11) is 0. The van der Waals surface area contributed by atoms with Gasteiger partial charge in [0.25, 0.3) is 5.92 Å². The summed E-state index contributed by atoms with van der Waals surface area (Å²) in [4.78, 5) is 27.6. The number of piperidine rings is 1. The van der Waals surface area contributed by atoms with Crippen molar-refractivity contribution < 1.29 is 23.5 Å². The molecule has 58 heavy (non-hydrogen) atoms. The Morgan fingerprint density at radius 1 is 0.828 bits per heavy atom. The van der Waals surface area contributed by atoms with Crippen LogP contribution in [0.15, 0.2) is 43.0 Å². The molecule has 7 heteroatoms. The zero-order valence-electron chi connectivity index (χ0n) is 36.8. The van der Waals surface area contributed by atoms with Gasteiger partial charge in [-0.2, -0.15) is 0 Å². The molecule has 320 valence electrons. The van der Waals surface area contributed by atoms with E-state index in [0.717, 1.165) is 44.1 Å². The monoisotopic (exact) mass is 801 g/mol. The minimum Gasteiger partial charge on any atom is -0.478 e. The van der Waals surface area contributed by atoms with E-state index in [4.69, 9.17) is 0 Å². The Morgan fingerprint density at radius 2 is 1.41 bits per heavy atom. The number of allylic oxidation sites excluding steroid dienone is 3. The van der Waals surface area contributed by atoms with Gasteiger partial charge in [-0.05, 0) is 134 Å². The molecule has 6 aliphatic rings. The summed E-state index contributed by atoms with van der Waals surface area (Å²) in [5.41, 5.74) is 3.09. The maximum absolute atomic E-state index is 14.0. The maximum Gasteiger partial charge on any atom is 0.335 e. The molecule has 1 aromatic carbocycles. The number of halogens is 2. The van der Waals surface area contributed by atoms with Crippen molar-refractivity contribution in [1.29, 1.82) is 0 Å². The number of nitrogens with zero attached hydrogens (tertiary/aromatic N) is 1. The summed E-state index contributed by atoms with van der Waals surface area (Å²) in [6.07, 6.45) is 39.5. The Kier molecular flexibility index (Phi) is 18.6. The number of hydrogen-bond acceptors (Lipinski definition) is 3. The highest BCUT2D eigenvalue weighted by Gasteiger charge is 2.66. The Labute approximate surface area is 351 Å². The molecule has 5 fully saturated rings. The summed E-state index contributed by atoms with van der Waals surface area (Å²) in [5.74, 6) is -0.228. The Bertz CT molecular complexity index is 1580. The largest absolute Gasteiger partial charge is 0.478 e. The number of likely N-dealkylation sites (tertiary alicyclic amines) is 1. The molecule has 0 bridgehead atoms. The van der Waals surface area contributed by atoms with Gasteiger partial charge in [-0.1, -0.05) is 72.2 Å². The molecular weight excluding hydrogens is 727 g/mol.